The molecule has 1 fully saturated rings. The Balaban J connectivity index is 0.00000245. The van der Waals surface area contributed by atoms with Gasteiger partial charge in [-0.2, -0.15) is 16.7 Å². The second-order valence-electron chi connectivity index (χ2n) is 11.6. The predicted molar refractivity (Wildman–Crippen MR) is 197 cm³/mol. The zero-order valence-electron chi connectivity index (χ0n) is 27.1. The third-order valence-electron chi connectivity index (χ3n) is 7.87. The van der Waals surface area contributed by atoms with E-state index >= 15 is 4.39 Å². The molecule has 47 heavy (non-hydrogen) atoms. The van der Waals surface area contributed by atoms with Crippen molar-refractivity contribution in [2.75, 3.05) is 44.2 Å². The van der Waals surface area contributed by atoms with E-state index in [1.54, 1.807) is 24.4 Å². The van der Waals surface area contributed by atoms with Crippen LogP contribution in [0.1, 0.15) is 37.3 Å². The maximum Gasteiger partial charge on any atom is 0.354 e. The average Bonchev–Trinajstić information content (AvgIpc) is 3.48. The van der Waals surface area contributed by atoms with E-state index in [9.17, 15) is 4.79 Å². The minimum atomic E-state index is -0.511. The monoisotopic (exact) mass is 680 g/mol. The summed E-state index contributed by atoms with van der Waals surface area (Å²) in [6, 6.07) is 13.1. The maximum atomic E-state index is 15.1. The molecule has 12 heteroatoms. The highest BCUT2D eigenvalue weighted by atomic mass is 35.5. The number of hydrogen-bond acceptors (Lipinski definition) is 7. The zero-order chi connectivity index (χ0) is 33.8. The van der Waals surface area contributed by atoms with E-state index in [1.165, 1.54) is 16.1 Å². The summed E-state index contributed by atoms with van der Waals surface area (Å²) in [7, 11) is 0. The van der Waals surface area contributed by atoms with Gasteiger partial charge in [0.2, 0.25) is 0 Å². The van der Waals surface area contributed by atoms with Gasteiger partial charge < -0.3 is 21.8 Å². The lowest BCUT2D eigenvalue weighted by Gasteiger charge is -2.25. The van der Waals surface area contributed by atoms with E-state index in [1.807, 2.05) is 43.0 Å². The lowest BCUT2D eigenvalue weighted by molar-refractivity contribution is 0.344. The summed E-state index contributed by atoms with van der Waals surface area (Å²) >= 11 is 8.24. The molecule has 4 aromatic rings. The molecule has 0 saturated carbocycles. The molecule has 3 heterocycles. The smallest absolute Gasteiger partial charge is 0.354 e. The van der Waals surface area contributed by atoms with E-state index in [0.717, 1.165) is 63.0 Å². The van der Waals surface area contributed by atoms with Gasteiger partial charge in [0, 0.05) is 60.9 Å². The first-order valence-electron chi connectivity index (χ1n) is 16.0. The van der Waals surface area contributed by atoms with Gasteiger partial charge in [0.15, 0.2) is 5.82 Å². The molecule has 6 N–H and O–H groups in total. The van der Waals surface area contributed by atoms with E-state index in [0.29, 0.717) is 46.9 Å². The van der Waals surface area contributed by atoms with Crippen LogP contribution >= 0.6 is 23.4 Å². The Bertz CT molecular complexity index is 1680. The number of hydrogen-bond donors (Lipinski definition) is 4. The van der Waals surface area contributed by atoms with Gasteiger partial charge in [-0.3, -0.25) is 14.5 Å². The number of aliphatic imine (C=N–C) groups is 1. The van der Waals surface area contributed by atoms with Gasteiger partial charge in [-0.25, -0.2) is 9.18 Å². The molecule has 1 aliphatic heterocycles. The van der Waals surface area contributed by atoms with Gasteiger partial charge in [-0.15, -0.1) is 13.2 Å². The van der Waals surface area contributed by atoms with Crippen molar-refractivity contribution in [1.82, 2.24) is 24.8 Å². The van der Waals surface area contributed by atoms with Crippen molar-refractivity contribution in [1.29, 1.82) is 0 Å². The number of fused-ring (bicyclic) bond motifs is 1. The third-order valence-corrected chi connectivity index (χ3v) is 9.09. The Kier molecular flexibility index (Phi) is 14.1. The second kappa shape index (κ2) is 18.2. The van der Waals surface area contributed by atoms with Crippen molar-refractivity contribution in [3.8, 4) is 16.9 Å². The molecule has 0 aliphatic carbocycles. The van der Waals surface area contributed by atoms with Gasteiger partial charge in [0.05, 0.1) is 22.9 Å². The number of H-pyrrole nitrogens is 1. The molecule has 1 saturated heterocycles. The first-order valence-corrected chi connectivity index (χ1v) is 17.6. The Morgan fingerprint density at radius 1 is 1.17 bits per heavy atom. The Hall–Kier alpha value is -3.48. The number of halogens is 2. The molecule has 0 bridgehead atoms. The number of thioether (sulfide) groups is 1. The summed E-state index contributed by atoms with van der Waals surface area (Å²) in [5.74, 6) is 2.53. The van der Waals surface area contributed by atoms with E-state index < -0.39 is 11.5 Å². The van der Waals surface area contributed by atoms with Crippen LogP contribution in [-0.4, -0.2) is 75.5 Å². The Labute approximate surface area is 285 Å². The molecule has 1 aliphatic rings. The molecule has 0 spiro atoms. The van der Waals surface area contributed by atoms with Crippen molar-refractivity contribution in [3.05, 3.63) is 94.3 Å². The Morgan fingerprint density at radius 3 is 2.64 bits per heavy atom. The fourth-order valence-corrected chi connectivity index (χ4v) is 6.63. The van der Waals surface area contributed by atoms with Gasteiger partial charge in [-0.05, 0) is 80.6 Å². The fourth-order valence-electron chi connectivity index (χ4n) is 5.41. The SMILES string of the molecule is C=C.CC(N)CCCc1cc(Cl)c(F)c(-c2cc3cn(-c4ccc(CNCCCN=C(N)CN5CCSCC5)cc4)c(=O)nc3[nH]2)c1. The number of aryl methyl sites for hydroxylation is 1. The maximum absolute atomic E-state index is 15.1. The molecule has 9 nitrogen and oxygen atoms in total. The van der Waals surface area contributed by atoms with Gasteiger partial charge >= 0.3 is 5.69 Å². The van der Waals surface area contributed by atoms with Gasteiger partial charge in [0.1, 0.15) is 11.5 Å². The quantitative estimate of drug-likeness (QED) is 0.0596. The minimum Gasteiger partial charge on any atom is -0.386 e. The zero-order valence-corrected chi connectivity index (χ0v) is 28.7. The molecule has 5 rings (SSSR count). The number of amidine groups is 1. The van der Waals surface area contributed by atoms with Crippen LogP contribution < -0.4 is 22.5 Å². The molecule has 252 valence electrons. The summed E-state index contributed by atoms with van der Waals surface area (Å²) in [5.41, 5.74) is 15.5. The standard InChI is InChI=1S/C33H42ClFN8OS.C2H4/c1-22(36)4-2-5-24-16-27(31(35)28(34)17-24)29-18-25-20-43(33(44)41-32(25)40-29)26-8-6-23(7-9-26)19-38-10-3-11-39-30(37)21-42-12-14-45-15-13-42;1-2/h6-9,16-18,20,22,38H,2-5,10-15,19,21,36H2,1H3,(H2,37,39)(H,40,41,44);1-2H2. The molecule has 2 aromatic heterocycles. The van der Waals surface area contributed by atoms with Crippen LogP contribution in [0.2, 0.25) is 5.02 Å². The van der Waals surface area contributed by atoms with Crippen molar-refractivity contribution in [2.24, 2.45) is 16.5 Å². The lowest BCUT2D eigenvalue weighted by atomic mass is 10.0. The lowest BCUT2D eigenvalue weighted by Crippen LogP contribution is -2.39. The summed E-state index contributed by atoms with van der Waals surface area (Å²) in [5, 5.41) is 4.19. The highest BCUT2D eigenvalue weighted by molar-refractivity contribution is 7.99. The van der Waals surface area contributed by atoms with E-state index in [4.69, 9.17) is 23.1 Å². The van der Waals surface area contributed by atoms with Crippen molar-refractivity contribution < 1.29 is 4.39 Å². The largest absolute Gasteiger partial charge is 0.386 e. The highest BCUT2D eigenvalue weighted by Gasteiger charge is 2.16. The van der Waals surface area contributed by atoms with Crippen molar-refractivity contribution in [2.45, 2.75) is 45.2 Å². The van der Waals surface area contributed by atoms with Crippen LogP contribution in [-0.2, 0) is 13.0 Å². The number of nitrogens with one attached hydrogen (secondary N) is 2. The number of nitrogens with zero attached hydrogens (tertiary/aromatic N) is 4. The normalized spacial score (nSPS) is 14.6. The predicted octanol–water partition coefficient (Wildman–Crippen LogP) is 5.53. The van der Waals surface area contributed by atoms with Crippen molar-refractivity contribution in [3.63, 3.8) is 0 Å². The number of aromatic amines is 1. The molecular weight excluding hydrogens is 635 g/mol. The molecule has 1 unspecified atom stereocenters. The fraction of sp³-hybridized carbons (Fsp3) is 0.400. The third kappa shape index (κ3) is 10.5. The molecule has 0 amide bonds. The van der Waals surface area contributed by atoms with Crippen LogP contribution in [0.5, 0.6) is 0 Å². The van der Waals surface area contributed by atoms with Gasteiger partial charge in [0.25, 0.3) is 0 Å². The number of rotatable bonds is 14. The van der Waals surface area contributed by atoms with E-state index in [-0.39, 0.29) is 11.1 Å². The molecule has 2 aromatic carbocycles. The minimum absolute atomic E-state index is 0.0601. The van der Waals surface area contributed by atoms with Crippen LogP contribution in [0.25, 0.3) is 28.0 Å². The molecule has 1 atom stereocenters. The average molecular weight is 681 g/mol. The van der Waals surface area contributed by atoms with Crippen LogP contribution in [0.15, 0.2) is 71.6 Å². The molecular formula is C35H46ClFN8OS. The van der Waals surface area contributed by atoms with Crippen LogP contribution in [0.4, 0.5) is 4.39 Å². The molecule has 0 radical (unpaired) electrons. The van der Waals surface area contributed by atoms with E-state index in [2.05, 4.69) is 38.3 Å². The number of nitrogens with two attached hydrogens (primary N) is 2. The number of benzene rings is 2. The first kappa shape index (κ1) is 36.4. The summed E-state index contributed by atoms with van der Waals surface area (Å²) in [4.78, 5) is 27.2. The highest BCUT2D eigenvalue weighted by Crippen LogP contribution is 2.31. The topological polar surface area (TPSA) is 130 Å². The van der Waals surface area contributed by atoms with Crippen LogP contribution in [0, 0.1) is 5.82 Å². The number of aromatic nitrogens is 3. The first-order chi connectivity index (χ1) is 22.8. The van der Waals surface area contributed by atoms with Gasteiger partial charge in [-0.1, -0.05) is 23.7 Å². The summed E-state index contributed by atoms with van der Waals surface area (Å²) < 4.78 is 16.6. The summed E-state index contributed by atoms with van der Waals surface area (Å²) in [6.45, 7) is 13.1. The summed E-state index contributed by atoms with van der Waals surface area (Å²) in [6.07, 6.45) is 5.12. The Morgan fingerprint density at radius 2 is 1.91 bits per heavy atom. The van der Waals surface area contributed by atoms with Crippen molar-refractivity contribution >= 4 is 40.2 Å². The van der Waals surface area contributed by atoms with Crippen LogP contribution in [0.3, 0.4) is 0 Å². The second-order valence-corrected chi connectivity index (χ2v) is 13.3.